The average molecular weight is 286 g/mol. The number of halogens is 1. The number of aliphatic hydroxyl groups is 1. The van der Waals surface area contributed by atoms with E-state index in [-0.39, 0.29) is 0 Å². The minimum Gasteiger partial charge on any atom is -0.390 e. The van der Waals surface area contributed by atoms with Gasteiger partial charge in [-0.05, 0) is 57.4 Å². The van der Waals surface area contributed by atoms with Crippen LogP contribution in [0.3, 0.4) is 0 Å². The van der Waals surface area contributed by atoms with Gasteiger partial charge in [0.2, 0.25) is 0 Å². The van der Waals surface area contributed by atoms with E-state index in [0.717, 1.165) is 17.4 Å². The summed E-state index contributed by atoms with van der Waals surface area (Å²) >= 11 is 3.48. The Morgan fingerprint density at radius 3 is 2.19 bits per heavy atom. The molecule has 0 aromatic heterocycles. The first-order valence-electron chi connectivity index (χ1n) is 5.52. The summed E-state index contributed by atoms with van der Waals surface area (Å²) in [5.74, 6) is 0. The van der Waals surface area contributed by atoms with Crippen molar-refractivity contribution in [2.75, 3.05) is 11.9 Å². The molecule has 0 spiro atoms. The largest absolute Gasteiger partial charge is 0.390 e. The maximum atomic E-state index is 9.63. The predicted octanol–water partition coefficient (Wildman–Crippen LogP) is 3.64. The number of aryl methyl sites for hydroxylation is 2. The van der Waals surface area contributed by atoms with Crippen molar-refractivity contribution in [3.63, 3.8) is 0 Å². The quantitative estimate of drug-likeness (QED) is 0.885. The SMILES string of the molecule is Cc1cc(Br)cc(C)c1NCCC(C)(C)O. The van der Waals surface area contributed by atoms with Crippen LogP contribution in [0.5, 0.6) is 0 Å². The van der Waals surface area contributed by atoms with Gasteiger partial charge in [-0.15, -0.1) is 0 Å². The number of hydrogen-bond acceptors (Lipinski definition) is 2. The van der Waals surface area contributed by atoms with Crippen LogP contribution in [0.15, 0.2) is 16.6 Å². The Morgan fingerprint density at radius 2 is 1.75 bits per heavy atom. The van der Waals surface area contributed by atoms with Gasteiger partial charge < -0.3 is 10.4 Å². The van der Waals surface area contributed by atoms with Crippen LogP contribution in [-0.2, 0) is 0 Å². The maximum Gasteiger partial charge on any atom is 0.0608 e. The lowest BCUT2D eigenvalue weighted by Crippen LogP contribution is -2.23. The molecule has 0 saturated heterocycles. The highest BCUT2D eigenvalue weighted by Crippen LogP contribution is 2.25. The molecule has 2 nitrogen and oxygen atoms in total. The highest BCUT2D eigenvalue weighted by Gasteiger charge is 2.12. The van der Waals surface area contributed by atoms with E-state index in [0.29, 0.717) is 0 Å². The monoisotopic (exact) mass is 285 g/mol. The molecule has 0 fully saturated rings. The first-order valence-corrected chi connectivity index (χ1v) is 6.32. The molecule has 0 radical (unpaired) electrons. The molecule has 0 aliphatic carbocycles. The second-order valence-corrected chi connectivity index (χ2v) is 5.82. The zero-order valence-electron chi connectivity index (χ0n) is 10.4. The summed E-state index contributed by atoms with van der Waals surface area (Å²) in [4.78, 5) is 0. The highest BCUT2D eigenvalue weighted by atomic mass is 79.9. The van der Waals surface area contributed by atoms with E-state index in [2.05, 4.69) is 47.2 Å². The molecule has 16 heavy (non-hydrogen) atoms. The van der Waals surface area contributed by atoms with Crippen LogP contribution >= 0.6 is 15.9 Å². The molecule has 1 aromatic carbocycles. The van der Waals surface area contributed by atoms with Gasteiger partial charge in [0.15, 0.2) is 0 Å². The molecule has 0 saturated carbocycles. The first-order chi connectivity index (χ1) is 7.29. The fourth-order valence-corrected chi connectivity index (χ4v) is 2.37. The molecule has 1 rings (SSSR count). The second kappa shape index (κ2) is 5.19. The molecule has 0 atom stereocenters. The minimum atomic E-state index is -0.607. The van der Waals surface area contributed by atoms with E-state index in [9.17, 15) is 5.11 Å². The lowest BCUT2D eigenvalue weighted by Gasteiger charge is -2.19. The summed E-state index contributed by atoms with van der Waals surface area (Å²) in [6, 6.07) is 4.19. The van der Waals surface area contributed by atoms with Gasteiger partial charge in [0.25, 0.3) is 0 Å². The molecule has 0 amide bonds. The van der Waals surface area contributed by atoms with Gasteiger partial charge in [-0.25, -0.2) is 0 Å². The molecule has 3 heteroatoms. The van der Waals surface area contributed by atoms with Crippen molar-refractivity contribution in [1.29, 1.82) is 0 Å². The maximum absolute atomic E-state index is 9.63. The molecule has 1 aromatic rings. The van der Waals surface area contributed by atoms with Crippen LogP contribution in [0.2, 0.25) is 0 Å². The fraction of sp³-hybridized carbons (Fsp3) is 0.538. The number of benzene rings is 1. The highest BCUT2D eigenvalue weighted by molar-refractivity contribution is 9.10. The molecular weight excluding hydrogens is 266 g/mol. The van der Waals surface area contributed by atoms with Gasteiger partial charge in [0.05, 0.1) is 5.60 Å². The zero-order valence-corrected chi connectivity index (χ0v) is 12.0. The van der Waals surface area contributed by atoms with E-state index in [1.54, 1.807) is 0 Å². The Bertz CT molecular complexity index is 346. The lowest BCUT2D eigenvalue weighted by atomic mass is 10.0. The van der Waals surface area contributed by atoms with Crippen molar-refractivity contribution in [1.82, 2.24) is 0 Å². The van der Waals surface area contributed by atoms with Gasteiger partial charge in [0.1, 0.15) is 0 Å². The Morgan fingerprint density at radius 1 is 1.25 bits per heavy atom. The number of anilines is 1. The summed E-state index contributed by atoms with van der Waals surface area (Å²) < 4.78 is 1.11. The van der Waals surface area contributed by atoms with E-state index in [1.807, 2.05) is 13.8 Å². The first kappa shape index (κ1) is 13.5. The number of nitrogens with one attached hydrogen (secondary N) is 1. The van der Waals surface area contributed by atoms with Crippen molar-refractivity contribution in [2.24, 2.45) is 0 Å². The Kier molecular flexibility index (Phi) is 4.39. The van der Waals surface area contributed by atoms with Gasteiger partial charge in [0, 0.05) is 16.7 Å². The van der Waals surface area contributed by atoms with E-state index >= 15 is 0 Å². The normalized spacial score (nSPS) is 11.6. The van der Waals surface area contributed by atoms with E-state index in [1.165, 1.54) is 16.8 Å². The standard InChI is InChI=1S/C13H20BrNO/c1-9-7-11(14)8-10(2)12(9)15-6-5-13(3,4)16/h7-8,15-16H,5-6H2,1-4H3. The van der Waals surface area contributed by atoms with Crippen molar-refractivity contribution >= 4 is 21.6 Å². The van der Waals surface area contributed by atoms with Gasteiger partial charge >= 0.3 is 0 Å². The number of hydrogen-bond donors (Lipinski definition) is 2. The van der Waals surface area contributed by atoms with Crippen LogP contribution in [0, 0.1) is 13.8 Å². The van der Waals surface area contributed by atoms with Crippen molar-refractivity contribution < 1.29 is 5.11 Å². The smallest absolute Gasteiger partial charge is 0.0608 e. The zero-order chi connectivity index (χ0) is 12.3. The van der Waals surface area contributed by atoms with Crippen LogP contribution in [0.4, 0.5) is 5.69 Å². The molecule has 0 aliphatic rings. The molecule has 2 N–H and O–H groups in total. The van der Waals surface area contributed by atoms with Crippen LogP contribution in [-0.4, -0.2) is 17.3 Å². The van der Waals surface area contributed by atoms with Crippen molar-refractivity contribution in [3.05, 3.63) is 27.7 Å². The Balaban J connectivity index is 2.68. The Labute approximate surface area is 106 Å². The topological polar surface area (TPSA) is 32.3 Å². The van der Waals surface area contributed by atoms with Crippen molar-refractivity contribution in [2.45, 2.75) is 39.7 Å². The minimum absolute atomic E-state index is 0.607. The number of rotatable bonds is 4. The third kappa shape index (κ3) is 4.14. The average Bonchev–Trinajstić information content (AvgIpc) is 2.07. The van der Waals surface area contributed by atoms with Gasteiger partial charge in [-0.1, -0.05) is 15.9 Å². The third-order valence-electron chi connectivity index (χ3n) is 2.54. The summed E-state index contributed by atoms with van der Waals surface area (Å²) in [6.45, 7) is 8.62. The summed E-state index contributed by atoms with van der Waals surface area (Å²) in [7, 11) is 0. The summed E-state index contributed by atoms with van der Waals surface area (Å²) in [6.07, 6.45) is 0.738. The van der Waals surface area contributed by atoms with E-state index in [4.69, 9.17) is 0 Å². The van der Waals surface area contributed by atoms with Gasteiger partial charge in [-0.3, -0.25) is 0 Å². The summed E-state index contributed by atoms with van der Waals surface area (Å²) in [5.41, 5.74) is 3.02. The fourth-order valence-electron chi connectivity index (χ4n) is 1.68. The van der Waals surface area contributed by atoms with Crippen LogP contribution in [0.25, 0.3) is 0 Å². The van der Waals surface area contributed by atoms with Crippen LogP contribution in [0.1, 0.15) is 31.4 Å². The lowest BCUT2D eigenvalue weighted by molar-refractivity contribution is 0.0748. The molecule has 0 bridgehead atoms. The predicted molar refractivity (Wildman–Crippen MR) is 73.0 cm³/mol. The van der Waals surface area contributed by atoms with Gasteiger partial charge in [-0.2, -0.15) is 0 Å². The molecule has 0 aliphatic heterocycles. The molecule has 90 valence electrons. The molecular formula is C13H20BrNO. The Hall–Kier alpha value is -0.540. The second-order valence-electron chi connectivity index (χ2n) is 4.90. The van der Waals surface area contributed by atoms with Crippen molar-refractivity contribution in [3.8, 4) is 0 Å². The van der Waals surface area contributed by atoms with E-state index < -0.39 is 5.60 Å². The summed E-state index contributed by atoms with van der Waals surface area (Å²) in [5, 5.41) is 13.0. The van der Waals surface area contributed by atoms with Crippen LogP contribution < -0.4 is 5.32 Å². The molecule has 0 heterocycles. The third-order valence-corrected chi connectivity index (χ3v) is 2.99. The molecule has 0 unspecified atom stereocenters.